The Morgan fingerprint density at radius 1 is 1.53 bits per heavy atom. The van der Waals surface area contributed by atoms with Crippen LogP contribution in [0.15, 0.2) is 11.6 Å². The molecule has 5 heteroatoms. The van der Waals surface area contributed by atoms with E-state index in [1.165, 1.54) is 0 Å². The number of nitrogens with one attached hydrogen (secondary N) is 1. The van der Waals surface area contributed by atoms with E-state index >= 15 is 0 Å². The summed E-state index contributed by atoms with van der Waals surface area (Å²) < 4.78 is 10.9. The topological polar surface area (TPSA) is 67.8 Å². The van der Waals surface area contributed by atoms with Crippen molar-refractivity contribution in [2.24, 2.45) is 0 Å². The van der Waals surface area contributed by atoms with Crippen LogP contribution in [0.25, 0.3) is 0 Å². The summed E-state index contributed by atoms with van der Waals surface area (Å²) in [5.41, 5.74) is -0.451. The third kappa shape index (κ3) is 5.20. The first kappa shape index (κ1) is 16.0. The Kier molecular flexibility index (Phi) is 4.98. The molecule has 0 radical (unpaired) electrons. The van der Waals surface area contributed by atoms with Crippen LogP contribution >= 0.6 is 0 Å². The highest BCUT2D eigenvalue weighted by atomic mass is 16.6. The van der Waals surface area contributed by atoms with Crippen molar-refractivity contribution >= 4 is 6.09 Å². The van der Waals surface area contributed by atoms with Crippen molar-refractivity contribution in [2.75, 3.05) is 6.61 Å². The molecule has 1 amide bonds. The van der Waals surface area contributed by atoms with Crippen molar-refractivity contribution in [3.8, 4) is 0 Å². The maximum atomic E-state index is 11.8. The zero-order chi connectivity index (χ0) is 14.7. The maximum Gasteiger partial charge on any atom is 0.409 e. The van der Waals surface area contributed by atoms with Crippen molar-refractivity contribution in [1.29, 1.82) is 0 Å². The molecule has 0 bridgehead atoms. The number of carbonyl (C=O) groups is 1. The highest BCUT2D eigenvalue weighted by Gasteiger charge is 2.41. The first-order chi connectivity index (χ1) is 8.66. The van der Waals surface area contributed by atoms with Gasteiger partial charge in [0.15, 0.2) is 5.72 Å². The minimum atomic E-state index is -1.03. The van der Waals surface area contributed by atoms with Crippen LogP contribution in [-0.4, -0.2) is 35.2 Å². The minimum Gasteiger partial charge on any atom is -0.444 e. The molecular weight excluding hydrogens is 246 g/mol. The number of amides is 1. The van der Waals surface area contributed by atoms with Gasteiger partial charge in [-0.1, -0.05) is 11.6 Å². The molecule has 0 aromatic heterocycles. The van der Waals surface area contributed by atoms with Crippen molar-refractivity contribution in [3.05, 3.63) is 11.6 Å². The van der Waals surface area contributed by atoms with Gasteiger partial charge in [0.2, 0.25) is 0 Å². The number of aliphatic hydroxyl groups is 1. The molecule has 0 aliphatic carbocycles. The zero-order valence-electron chi connectivity index (χ0n) is 12.4. The normalized spacial score (nSPS) is 26.9. The Bertz CT molecular complexity index is 355. The van der Waals surface area contributed by atoms with Gasteiger partial charge in [-0.05, 0) is 41.0 Å². The molecule has 0 aromatic carbocycles. The third-order valence-electron chi connectivity index (χ3n) is 2.71. The van der Waals surface area contributed by atoms with E-state index in [4.69, 9.17) is 9.47 Å². The van der Waals surface area contributed by atoms with Crippen molar-refractivity contribution in [1.82, 2.24) is 5.32 Å². The van der Waals surface area contributed by atoms with Crippen molar-refractivity contribution in [3.63, 3.8) is 0 Å². The van der Waals surface area contributed by atoms with Crippen LogP contribution in [0, 0.1) is 0 Å². The summed E-state index contributed by atoms with van der Waals surface area (Å²) in [4.78, 5) is 11.8. The van der Waals surface area contributed by atoms with Gasteiger partial charge in [0.25, 0.3) is 0 Å². The van der Waals surface area contributed by atoms with Gasteiger partial charge in [0.05, 0.1) is 12.7 Å². The zero-order valence-corrected chi connectivity index (χ0v) is 12.4. The molecule has 1 aliphatic rings. The molecule has 1 aliphatic heterocycles. The largest absolute Gasteiger partial charge is 0.444 e. The molecule has 0 aromatic rings. The van der Waals surface area contributed by atoms with Crippen LogP contribution in [0.2, 0.25) is 0 Å². The van der Waals surface area contributed by atoms with E-state index in [2.05, 4.69) is 5.32 Å². The Balaban J connectivity index is 2.64. The van der Waals surface area contributed by atoms with Crippen molar-refractivity contribution in [2.45, 2.75) is 64.9 Å². The Morgan fingerprint density at radius 2 is 2.16 bits per heavy atom. The van der Waals surface area contributed by atoms with Crippen molar-refractivity contribution < 1.29 is 19.4 Å². The van der Waals surface area contributed by atoms with E-state index in [0.29, 0.717) is 6.42 Å². The number of carbonyl (C=O) groups excluding carboxylic acids is 1. The second kappa shape index (κ2) is 5.92. The second-order valence-electron chi connectivity index (χ2n) is 6.22. The fraction of sp³-hybridized carbons (Fsp3) is 0.786. The van der Waals surface area contributed by atoms with Crippen LogP contribution in [0.3, 0.4) is 0 Å². The van der Waals surface area contributed by atoms with Gasteiger partial charge in [-0.3, -0.25) is 5.32 Å². The van der Waals surface area contributed by atoms with Crippen LogP contribution < -0.4 is 5.32 Å². The standard InChI is InChI=1S/C14H25NO4/c1-10(2)8-11-6-7-14(9-16,18-11)15-12(17)19-13(3,4)5/h8,11,16H,6-7,9H2,1-5H3,(H,15,17)/t11-,14-/m0/s1. The highest BCUT2D eigenvalue weighted by Crippen LogP contribution is 2.29. The molecule has 110 valence electrons. The molecule has 0 unspecified atom stereocenters. The molecule has 1 heterocycles. The van der Waals surface area contributed by atoms with Gasteiger partial charge < -0.3 is 14.6 Å². The van der Waals surface area contributed by atoms with Gasteiger partial charge in [-0.15, -0.1) is 0 Å². The molecule has 5 nitrogen and oxygen atoms in total. The van der Waals surface area contributed by atoms with Gasteiger partial charge in [0.1, 0.15) is 5.60 Å². The number of hydrogen-bond acceptors (Lipinski definition) is 4. The van der Waals surface area contributed by atoms with E-state index in [1.54, 1.807) is 20.8 Å². The lowest BCUT2D eigenvalue weighted by Crippen LogP contribution is -2.52. The Labute approximate surface area is 115 Å². The second-order valence-corrected chi connectivity index (χ2v) is 6.22. The summed E-state index contributed by atoms with van der Waals surface area (Å²) in [6, 6.07) is 0. The number of alkyl carbamates (subject to hydrolysis) is 1. The minimum absolute atomic E-state index is 0.0768. The smallest absolute Gasteiger partial charge is 0.409 e. The van der Waals surface area contributed by atoms with E-state index < -0.39 is 17.4 Å². The van der Waals surface area contributed by atoms with Crippen LogP contribution in [0.1, 0.15) is 47.5 Å². The van der Waals surface area contributed by atoms with E-state index in [-0.39, 0.29) is 12.7 Å². The highest BCUT2D eigenvalue weighted by molar-refractivity contribution is 5.68. The SMILES string of the molecule is CC(C)=C[C@@H]1CC[C@](CO)(NC(=O)OC(C)(C)C)O1. The Hall–Kier alpha value is -1.07. The molecule has 19 heavy (non-hydrogen) atoms. The lowest BCUT2D eigenvalue weighted by atomic mass is 10.1. The lowest BCUT2D eigenvalue weighted by molar-refractivity contribution is -0.0833. The van der Waals surface area contributed by atoms with Crippen LogP contribution in [0.5, 0.6) is 0 Å². The predicted molar refractivity (Wildman–Crippen MR) is 72.7 cm³/mol. The molecule has 0 saturated carbocycles. The monoisotopic (exact) mass is 271 g/mol. The molecule has 0 spiro atoms. The first-order valence-electron chi connectivity index (χ1n) is 6.61. The van der Waals surface area contributed by atoms with Gasteiger partial charge in [-0.25, -0.2) is 4.79 Å². The summed E-state index contributed by atoms with van der Waals surface area (Å²) in [5, 5.41) is 12.1. The third-order valence-corrected chi connectivity index (χ3v) is 2.71. The number of aliphatic hydroxyl groups excluding tert-OH is 1. The van der Waals surface area contributed by atoms with Gasteiger partial charge in [0, 0.05) is 6.42 Å². The first-order valence-corrected chi connectivity index (χ1v) is 6.61. The summed E-state index contributed by atoms with van der Waals surface area (Å²) in [6.45, 7) is 9.09. The summed E-state index contributed by atoms with van der Waals surface area (Å²) in [7, 11) is 0. The van der Waals surface area contributed by atoms with Crippen LogP contribution in [-0.2, 0) is 9.47 Å². The average Bonchev–Trinajstić information content (AvgIpc) is 2.58. The summed E-state index contributed by atoms with van der Waals surface area (Å²) in [5.74, 6) is 0. The van der Waals surface area contributed by atoms with E-state index in [0.717, 1.165) is 12.0 Å². The average molecular weight is 271 g/mol. The molecule has 1 saturated heterocycles. The molecule has 1 fully saturated rings. The van der Waals surface area contributed by atoms with Gasteiger partial charge in [-0.2, -0.15) is 0 Å². The molecular formula is C14H25NO4. The molecule has 2 atom stereocenters. The van der Waals surface area contributed by atoms with Gasteiger partial charge >= 0.3 is 6.09 Å². The number of rotatable bonds is 3. The fourth-order valence-electron chi connectivity index (χ4n) is 2.01. The summed E-state index contributed by atoms with van der Waals surface area (Å²) in [6.07, 6.45) is 2.68. The number of hydrogen-bond donors (Lipinski definition) is 2. The lowest BCUT2D eigenvalue weighted by Gasteiger charge is -2.29. The Morgan fingerprint density at radius 3 is 2.63 bits per heavy atom. The molecule has 1 rings (SSSR count). The van der Waals surface area contributed by atoms with E-state index in [9.17, 15) is 9.90 Å². The van der Waals surface area contributed by atoms with Crippen LogP contribution in [0.4, 0.5) is 4.79 Å². The maximum absolute atomic E-state index is 11.8. The number of allylic oxidation sites excluding steroid dienone is 1. The van der Waals surface area contributed by atoms with E-state index in [1.807, 2.05) is 19.9 Å². The predicted octanol–water partition coefficient (Wildman–Crippen LogP) is 2.34. The number of ether oxygens (including phenoxy) is 2. The molecule has 2 N–H and O–H groups in total. The summed E-state index contributed by atoms with van der Waals surface area (Å²) >= 11 is 0. The quantitative estimate of drug-likeness (QED) is 0.773. The fourth-order valence-corrected chi connectivity index (χ4v) is 2.01.